The van der Waals surface area contributed by atoms with E-state index in [1.165, 1.54) is 18.2 Å². The number of rotatable bonds is 11. The van der Waals surface area contributed by atoms with Gasteiger partial charge in [0.25, 0.3) is 0 Å². The summed E-state index contributed by atoms with van der Waals surface area (Å²) < 4.78 is 5.58. The van der Waals surface area contributed by atoms with Crippen LogP contribution >= 0.6 is 0 Å². The van der Waals surface area contributed by atoms with E-state index in [0.29, 0.717) is 23.7 Å². The first-order chi connectivity index (χ1) is 18.3. The van der Waals surface area contributed by atoms with Gasteiger partial charge < -0.3 is 20.7 Å². The fourth-order valence-electron chi connectivity index (χ4n) is 3.46. The number of anilines is 3. The Morgan fingerprint density at radius 1 is 0.684 bits per heavy atom. The van der Waals surface area contributed by atoms with Gasteiger partial charge in [0.05, 0.1) is 11.5 Å². The minimum Gasteiger partial charge on any atom is -0.437 e. The van der Waals surface area contributed by atoms with Crippen molar-refractivity contribution in [1.82, 2.24) is 0 Å². The van der Waals surface area contributed by atoms with Crippen molar-refractivity contribution in [1.29, 1.82) is 21.6 Å². The molecule has 7 N–H and O–H groups in total. The molecule has 0 bridgehead atoms. The number of hydrogen-bond acceptors (Lipinski definition) is 5. The van der Waals surface area contributed by atoms with Crippen LogP contribution in [0, 0.1) is 21.6 Å². The number of aryl methyl sites for hydroxylation is 1. The molecule has 0 saturated heterocycles. The first kappa shape index (κ1) is 27.3. The summed E-state index contributed by atoms with van der Waals surface area (Å²) in [5.41, 5.74) is 5.08. The summed E-state index contributed by atoms with van der Waals surface area (Å²) in [7, 11) is 0. The van der Waals surface area contributed by atoms with Gasteiger partial charge in [-0.3, -0.25) is 21.6 Å². The van der Waals surface area contributed by atoms with Crippen LogP contribution in [0.4, 0.5) is 17.1 Å². The maximum absolute atomic E-state index is 8.32. The fraction of sp³-hybridized carbons (Fsp3) is 0.0667. The van der Waals surface area contributed by atoms with Crippen LogP contribution in [0.15, 0.2) is 105 Å². The fourth-order valence-corrected chi connectivity index (χ4v) is 3.46. The molecule has 0 aliphatic carbocycles. The average Bonchev–Trinajstić information content (AvgIpc) is 2.93. The van der Waals surface area contributed by atoms with Crippen LogP contribution in [0.25, 0.3) is 11.1 Å². The summed E-state index contributed by atoms with van der Waals surface area (Å²) in [6.07, 6.45) is 5.40. The molecule has 3 aromatic carbocycles. The third-order valence-corrected chi connectivity index (χ3v) is 5.47. The highest BCUT2D eigenvalue weighted by atomic mass is 16.5. The molecule has 0 saturated carbocycles. The van der Waals surface area contributed by atoms with E-state index in [-0.39, 0.29) is 17.6 Å². The van der Waals surface area contributed by atoms with Crippen molar-refractivity contribution in [2.75, 3.05) is 16.0 Å². The Balaban J connectivity index is 1.62. The molecule has 0 aliphatic rings. The molecule has 192 valence electrons. The van der Waals surface area contributed by atoms with Gasteiger partial charge in [-0.05, 0) is 77.7 Å². The molecule has 8 nitrogen and oxygen atoms in total. The lowest BCUT2D eigenvalue weighted by Gasteiger charge is -2.14. The molecule has 0 radical (unpaired) electrons. The standard InChI is InChI=1S/C30H31N7O/c1-4-27(31)35-23-13-7-20(8-14-23)9-18-29(33)36-24-15-10-21(11-16-24)22-12-17-25(37-28(32)5-2)26(19-22)38-30(34)6-3/h4-8,10-17,19,34H,1-3,9,18H2,(H2,31,35)(H2,32,37)(H2,33,36). The lowest BCUT2D eigenvalue weighted by Crippen LogP contribution is -2.11. The quantitative estimate of drug-likeness (QED) is 0.111. The third kappa shape index (κ3) is 7.89. The molecule has 0 aromatic heterocycles. The lowest BCUT2D eigenvalue weighted by atomic mass is 10.0. The second kappa shape index (κ2) is 13.2. The normalized spacial score (nSPS) is 10.0. The largest absolute Gasteiger partial charge is 0.437 e. The molecule has 8 heteroatoms. The highest BCUT2D eigenvalue weighted by Gasteiger charge is 2.10. The van der Waals surface area contributed by atoms with Gasteiger partial charge in [-0.15, -0.1) is 0 Å². The minimum atomic E-state index is -0.103. The van der Waals surface area contributed by atoms with Crippen LogP contribution < -0.4 is 20.7 Å². The van der Waals surface area contributed by atoms with Crippen LogP contribution in [0.5, 0.6) is 5.75 Å². The second-order valence-electron chi connectivity index (χ2n) is 8.24. The summed E-state index contributed by atoms with van der Waals surface area (Å²) >= 11 is 0. The predicted molar refractivity (Wildman–Crippen MR) is 160 cm³/mol. The van der Waals surface area contributed by atoms with Gasteiger partial charge in [0.15, 0.2) is 5.75 Å². The van der Waals surface area contributed by atoms with Gasteiger partial charge in [0.2, 0.25) is 5.90 Å². The Bertz CT molecular complexity index is 1370. The number of nitrogens with one attached hydrogen (secondary N) is 7. The predicted octanol–water partition coefficient (Wildman–Crippen LogP) is 7.07. The molecule has 0 amide bonds. The second-order valence-corrected chi connectivity index (χ2v) is 8.24. The smallest absolute Gasteiger partial charge is 0.211 e. The van der Waals surface area contributed by atoms with Crippen LogP contribution in [0.2, 0.25) is 0 Å². The zero-order valence-electron chi connectivity index (χ0n) is 21.0. The summed E-state index contributed by atoms with van der Waals surface area (Å²) in [4.78, 5) is 0. The van der Waals surface area contributed by atoms with Crippen molar-refractivity contribution in [2.45, 2.75) is 12.8 Å². The van der Waals surface area contributed by atoms with E-state index >= 15 is 0 Å². The maximum atomic E-state index is 8.32. The van der Waals surface area contributed by atoms with E-state index < -0.39 is 0 Å². The molecule has 0 fully saturated rings. The van der Waals surface area contributed by atoms with Crippen LogP contribution in [0.1, 0.15) is 12.0 Å². The van der Waals surface area contributed by atoms with Crippen LogP contribution in [-0.4, -0.2) is 23.4 Å². The van der Waals surface area contributed by atoms with Crippen LogP contribution in [0.3, 0.4) is 0 Å². The van der Waals surface area contributed by atoms with Gasteiger partial charge in [-0.1, -0.05) is 50.1 Å². The van der Waals surface area contributed by atoms with E-state index in [4.69, 9.17) is 26.4 Å². The summed E-state index contributed by atoms with van der Waals surface area (Å²) in [5, 5.41) is 40.5. The zero-order valence-corrected chi connectivity index (χ0v) is 21.0. The van der Waals surface area contributed by atoms with Crippen LogP contribution in [-0.2, 0) is 6.42 Å². The Morgan fingerprint density at radius 3 is 1.89 bits per heavy atom. The van der Waals surface area contributed by atoms with Gasteiger partial charge in [0, 0.05) is 17.8 Å². The van der Waals surface area contributed by atoms with Gasteiger partial charge in [-0.25, -0.2) is 0 Å². The highest BCUT2D eigenvalue weighted by Crippen LogP contribution is 2.32. The first-order valence-corrected chi connectivity index (χ1v) is 11.8. The highest BCUT2D eigenvalue weighted by molar-refractivity contribution is 6.03. The molecule has 0 aliphatic heterocycles. The SMILES string of the molecule is C=CC(=N)Nc1ccc(CCC(=N)Nc2ccc(-c3ccc(NC(=N)C=C)c(OC(=N)C=C)c3)cc2)cc1. The summed E-state index contributed by atoms with van der Waals surface area (Å²) in [6.45, 7) is 10.7. The van der Waals surface area contributed by atoms with E-state index in [2.05, 4.69) is 35.7 Å². The van der Waals surface area contributed by atoms with E-state index in [0.717, 1.165) is 34.5 Å². The summed E-state index contributed by atoms with van der Waals surface area (Å²) in [5.74, 6) is 1.06. The van der Waals surface area contributed by atoms with E-state index in [1.807, 2.05) is 54.6 Å². The molecular formula is C30H31N7O. The Labute approximate surface area is 222 Å². The molecule has 3 aromatic rings. The maximum Gasteiger partial charge on any atom is 0.211 e. The van der Waals surface area contributed by atoms with Gasteiger partial charge in [0.1, 0.15) is 11.7 Å². The van der Waals surface area contributed by atoms with E-state index in [9.17, 15) is 0 Å². The zero-order chi connectivity index (χ0) is 27.5. The number of ether oxygens (including phenoxy) is 1. The van der Waals surface area contributed by atoms with Crippen molar-refractivity contribution in [3.63, 3.8) is 0 Å². The van der Waals surface area contributed by atoms with Crippen molar-refractivity contribution in [2.24, 2.45) is 0 Å². The molecule has 0 atom stereocenters. The molecule has 3 rings (SSSR count). The molecule has 0 unspecified atom stereocenters. The van der Waals surface area contributed by atoms with Crippen molar-refractivity contribution < 1.29 is 4.74 Å². The topological polar surface area (TPSA) is 141 Å². The first-order valence-electron chi connectivity index (χ1n) is 11.8. The molecular weight excluding hydrogens is 474 g/mol. The van der Waals surface area contributed by atoms with Gasteiger partial charge in [-0.2, -0.15) is 0 Å². The monoisotopic (exact) mass is 505 g/mol. The number of benzene rings is 3. The molecule has 0 heterocycles. The summed E-state index contributed by atoms with van der Waals surface area (Å²) in [6, 6.07) is 21.0. The Hall–Kier alpha value is -5.24. The Morgan fingerprint density at radius 2 is 1.26 bits per heavy atom. The van der Waals surface area contributed by atoms with E-state index in [1.54, 1.807) is 12.1 Å². The van der Waals surface area contributed by atoms with Crippen molar-refractivity contribution in [3.8, 4) is 16.9 Å². The molecule has 38 heavy (non-hydrogen) atoms. The van der Waals surface area contributed by atoms with Crippen molar-refractivity contribution in [3.05, 3.63) is 110 Å². The minimum absolute atomic E-state index is 0.103. The van der Waals surface area contributed by atoms with Crippen molar-refractivity contribution >= 4 is 40.5 Å². The van der Waals surface area contributed by atoms with Gasteiger partial charge >= 0.3 is 0 Å². The number of amidine groups is 3. The number of hydrogen-bond donors (Lipinski definition) is 7. The third-order valence-electron chi connectivity index (χ3n) is 5.47. The lowest BCUT2D eigenvalue weighted by molar-refractivity contribution is 0.553. The Kier molecular flexibility index (Phi) is 9.48. The molecule has 0 spiro atoms. The average molecular weight is 506 g/mol.